The van der Waals surface area contributed by atoms with Gasteiger partial charge in [-0.2, -0.15) is 0 Å². The molecule has 3 N–H and O–H groups in total. The maximum Gasteiger partial charge on any atom is 0.264 e. The molecule has 1 aliphatic rings. The lowest BCUT2D eigenvalue weighted by Gasteiger charge is -2.27. The van der Waals surface area contributed by atoms with Gasteiger partial charge in [-0.25, -0.2) is 13.1 Å². The first-order valence-corrected chi connectivity index (χ1v) is 13.4. The lowest BCUT2D eigenvalue weighted by molar-refractivity contribution is 0.0981. The molecule has 0 radical (unpaired) electrons. The third-order valence-electron chi connectivity index (χ3n) is 6.03. The van der Waals surface area contributed by atoms with Crippen LogP contribution in [0.5, 0.6) is 0 Å². The first-order chi connectivity index (χ1) is 16.2. The molecule has 8 heteroatoms. The highest BCUT2D eigenvalue weighted by Crippen LogP contribution is 2.28. The molecule has 0 fully saturated rings. The van der Waals surface area contributed by atoms with Crippen LogP contribution < -0.4 is 10.0 Å². The molecule has 3 aromatic carbocycles. The summed E-state index contributed by atoms with van der Waals surface area (Å²) in [5.74, 6) is -0.645. The Morgan fingerprint density at radius 2 is 1.79 bits per heavy atom. The molecular formula is C26H27ClN2O4S. The standard InChI is InChI=1S/C26H27ClN2O4S/c1-34(32,33)29-26(31)19-8-5-17(6-9-19)20-10-7-18-11-12-24(15-22(18)13-20)28-16-25(30)21-3-2-4-23(27)14-21/h2-10,13-14,24-25,28,30H,11-12,15-16H2,1H3,(H,29,31)/t24-,25+/m0/s1. The zero-order chi connectivity index (χ0) is 24.3. The van der Waals surface area contributed by atoms with Crippen LogP contribution in [-0.4, -0.2) is 38.3 Å². The van der Waals surface area contributed by atoms with E-state index in [-0.39, 0.29) is 11.6 Å². The Hall–Kier alpha value is -2.71. The molecule has 6 nitrogen and oxygen atoms in total. The van der Waals surface area contributed by atoms with Crippen molar-refractivity contribution in [1.29, 1.82) is 0 Å². The molecule has 0 saturated heterocycles. The van der Waals surface area contributed by atoms with Crippen LogP contribution >= 0.6 is 11.6 Å². The number of aryl methyl sites for hydroxylation is 1. The molecule has 0 spiro atoms. The van der Waals surface area contributed by atoms with E-state index >= 15 is 0 Å². The third-order valence-corrected chi connectivity index (χ3v) is 6.82. The number of nitrogens with one attached hydrogen (secondary N) is 2. The summed E-state index contributed by atoms with van der Waals surface area (Å²) in [7, 11) is -3.60. The van der Waals surface area contributed by atoms with Crippen molar-refractivity contribution in [2.45, 2.75) is 31.4 Å². The lowest BCUT2D eigenvalue weighted by atomic mass is 9.86. The Labute approximate surface area is 205 Å². The Morgan fingerprint density at radius 3 is 2.50 bits per heavy atom. The van der Waals surface area contributed by atoms with Gasteiger partial charge >= 0.3 is 0 Å². The van der Waals surface area contributed by atoms with Crippen molar-refractivity contribution < 1.29 is 18.3 Å². The van der Waals surface area contributed by atoms with E-state index in [9.17, 15) is 18.3 Å². The number of hydrogen-bond acceptors (Lipinski definition) is 5. The van der Waals surface area contributed by atoms with Crippen LogP contribution in [0.15, 0.2) is 66.7 Å². The fourth-order valence-corrected chi connectivity index (χ4v) is 4.92. The molecule has 0 saturated carbocycles. The fourth-order valence-electron chi connectivity index (χ4n) is 4.26. The molecule has 0 heterocycles. The smallest absolute Gasteiger partial charge is 0.264 e. The summed E-state index contributed by atoms with van der Waals surface area (Å²) in [6, 6.07) is 20.8. The van der Waals surface area contributed by atoms with Gasteiger partial charge in [0.05, 0.1) is 12.4 Å². The van der Waals surface area contributed by atoms with Crippen molar-refractivity contribution >= 4 is 27.5 Å². The van der Waals surface area contributed by atoms with Crippen LogP contribution in [0.2, 0.25) is 5.02 Å². The summed E-state index contributed by atoms with van der Waals surface area (Å²) in [6.45, 7) is 0.455. The summed E-state index contributed by atoms with van der Waals surface area (Å²) < 4.78 is 24.5. The van der Waals surface area contributed by atoms with Crippen molar-refractivity contribution in [2.24, 2.45) is 0 Å². The van der Waals surface area contributed by atoms with E-state index in [1.54, 1.807) is 24.3 Å². The number of rotatable bonds is 7. The summed E-state index contributed by atoms with van der Waals surface area (Å²) in [4.78, 5) is 12.0. The predicted octanol–water partition coefficient (Wildman–Crippen LogP) is 3.88. The summed E-state index contributed by atoms with van der Waals surface area (Å²) in [6.07, 6.45) is 3.15. The van der Waals surface area contributed by atoms with Gasteiger partial charge in [-0.3, -0.25) is 4.79 Å². The zero-order valence-electron chi connectivity index (χ0n) is 18.8. The number of halogens is 1. The first kappa shape index (κ1) is 24.4. The topological polar surface area (TPSA) is 95.5 Å². The zero-order valence-corrected chi connectivity index (χ0v) is 20.4. The van der Waals surface area contributed by atoms with Gasteiger partial charge in [-0.15, -0.1) is 0 Å². The lowest BCUT2D eigenvalue weighted by Crippen LogP contribution is -2.37. The van der Waals surface area contributed by atoms with Crippen LogP contribution in [0.1, 0.15) is 39.6 Å². The van der Waals surface area contributed by atoms with Crippen LogP contribution in [0.25, 0.3) is 11.1 Å². The number of aliphatic hydroxyl groups excluding tert-OH is 1. The van der Waals surface area contributed by atoms with Crippen molar-refractivity contribution in [3.8, 4) is 11.1 Å². The number of sulfonamides is 1. The second-order valence-corrected chi connectivity index (χ2v) is 10.9. The predicted molar refractivity (Wildman–Crippen MR) is 134 cm³/mol. The number of amides is 1. The van der Waals surface area contributed by atoms with Gasteiger partial charge in [0.25, 0.3) is 5.91 Å². The number of carbonyl (C=O) groups is 1. The molecule has 0 aliphatic heterocycles. The van der Waals surface area contributed by atoms with E-state index in [1.807, 2.05) is 29.0 Å². The third kappa shape index (κ3) is 6.24. The second kappa shape index (κ2) is 10.3. The Bertz CT molecular complexity index is 1290. The highest BCUT2D eigenvalue weighted by atomic mass is 35.5. The Kier molecular flexibility index (Phi) is 7.38. The number of aliphatic hydroxyl groups is 1. The molecule has 2 atom stereocenters. The summed E-state index contributed by atoms with van der Waals surface area (Å²) in [5.41, 5.74) is 5.65. The second-order valence-electron chi connectivity index (χ2n) is 8.68. The molecule has 0 bridgehead atoms. The molecule has 0 aromatic heterocycles. The SMILES string of the molecule is CS(=O)(=O)NC(=O)c1ccc(-c2ccc3c(c2)C[C@@H](NC[C@@H](O)c2cccc(Cl)c2)CC3)cc1. The van der Waals surface area contributed by atoms with Crippen molar-refractivity contribution in [2.75, 3.05) is 12.8 Å². The summed E-state index contributed by atoms with van der Waals surface area (Å²) in [5, 5.41) is 14.6. The molecule has 34 heavy (non-hydrogen) atoms. The fraction of sp³-hybridized carbons (Fsp3) is 0.269. The van der Waals surface area contributed by atoms with Crippen molar-refractivity contribution in [1.82, 2.24) is 10.0 Å². The van der Waals surface area contributed by atoms with Gasteiger partial charge < -0.3 is 10.4 Å². The monoisotopic (exact) mass is 498 g/mol. The van der Waals surface area contributed by atoms with E-state index in [4.69, 9.17) is 11.6 Å². The number of fused-ring (bicyclic) bond motifs is 1. The van der Waals surface area contributed by atoms with Crippen LogP contribution in [-0.2, 0) is 22.9 Å². The molecule has 178 valence electrons. The molecule has 1 amide bonds. The minimum absolute atomic E-state index is 0.263. The average molecular weight is 499 g/mol. The van der Waals surface area contributed by atoms with Gasteiger partial charge in [0.2, 0.25) is 10.0 Å². The molecule has 1 aliphatic carbocycles. The summed E-state index contributed by atoms with van der Waals surface area (Å²) >= 11 is 6.03. The van der Waals surface area contributed by atoms with E-state index in [2.05, 4.69) is 23.5 Å². The normalized spacial score (nSPS) is 16.5. The maximum absolute atomic E-state index is 12.0. The largest absolute Gasteiger partial charge is 0.387 e. The van der Waals surface area contributed by atoms with E-state index in [0.717, 1.165) is 42.2 Å². The Morgan fingerprint density at radius 1 is 1.06 bits per heavy atom. The first-order valence-electron chi connectivity index (χ1n) is 11.1. The van der Waals surface area contributed by atoms with Gasteiger partial charge in [0.1, 0.15) is 0 Å². The molecule has 3 aromatic rings. The minimum Gasteiger partial charge on any atom is -0.387 e. The number of hydrogen-bond donors (Lipinski definition) is 3. The average Bonchev–Trinajstić information content (AvgIpc) is 2.81. The van der Waals surface area contributed by atoms with E-state index in [0.29, 0.717) is 11.6 Å². The molecule has 4 rings (SSSR count). The van der Waals surface area contributed by atoms with Crippen LogP contribution in [0.4, 0.5) is 0 Å². The quantitative estimate of drug-likeness (QED) is 0.459. The van der Waals surface area contributed by atoms with E-state index in [1.165, 1.54) is 11.1 Å². The van der Waals surface area contributed by atoms with Gasteiger partial charge in [0.15, 0.2) is 0 Å². The number of benzene rings is 3. The Balaban J connectivity index is 1.41. The minimum atomic E-state index is -3.60. The van der Waals surface area contributed by atoms with Crippen LogP contribution in [0.3, 0.4) is 0 Å². The van der Waals surface area contributed by atoms with Gasteiger partial charge in [-0.1, -0.05) is 54.1 Å². The highest BCUT2D eigenvalue weighted by molar-refractivity contribution is 7.89. The van der Waals surface area contributed by atoms with Crippen molar-refractivity contribution in [3.05, 3.63) is 94.0 Å². The van der Waals surface area contributed by atoms with Crippen molar-refractivity contribution in [3.63, 3.8) is 0 Å². The van der Waals surface area contributed by atoms with Crippen LogP contribution in [0, 0.1) is 0 Å². The molecular weight excluding hydrogens is 472 g/mol. The maximum atomic E-state index is 12.0. The van der Waals surface area contributed by atoms with E-state index < -0.39 is 22.0 Å². The van der Waals surface area contributed by atoms with Gasteiger partial charge in [-0.05, 0) is 71.3 Å². The number of carbonyl (C=O) groups excluding carboxylic acids is 1. The van der Waals surface area contributed by atoms with Gasteiger partial charge in [0, 0.05) is 23.2 Å². The highest BCUT2D eigenvalue weighted by Gasteiger charge is 2.20. The molecule has 0 unspecified atom stereocenters.